The summed E-state index contributed by atoms with van der Waals surface area (Å²) in [5.74, 6) is 0.661. The Morgan fingerprint density at radius 1 is 1.05 bits per heavy atom. The number of hydrogen-bond acceptors (Lipinski definition) is 3. The summed E-state index contributed by atoms with van der Waals surface area (Å²) in [5, 5.41) is 17.9. The van der Waals surface area contributed by atoms with E-state index in [0.29, 0.717) is 12.5 Å². The minimum Gasteiger partial charge on any atom is -0.387 e. The first-order valence-electron chi connectivity index (χ1n) is 7.58. The fourth-order valence-electron chi connectivity index (χ4n) is 2.39. The van der Waals surface area contributed by atoms with Gasteiger partial charge < -0.3 is 10.4 Å². The van der Waals surface area contributed by atoms with Gasteiger partial charge in [0.1, 0.15) is 0 Å². The molecule has 2 rings (SSSR count). The van der Waals surface area contributed by atoms with Crippen molar-refractivity contribution < 1.29 is 5.11 Å². The molecule has 114 valence electrons. The van der Waals surface area contributed by atoms with Crippen LogP contribution in [0.25, 0.3) is 0 Å². The van der Waals surface area contributed by atoms with Crippen LogP contribution in [0, 0.1) is 5.92 Å². The van der Waals surface area contributed by atoms with Crippen LogP contribution in [-0.4, -0.2) is 11.7 Å². The molecule has 0 amide bonds. The molecule has 1 aromatic carbocycles. The van der Waals surface area contributed by atoms with Crippen molar-refractivity contribution in [3.63, 3.8) is 0 Å². The van der Waals surface area contributed by atoms with E-state index in [4.69, 9.17) is 0 Å². The van der Waals surface area contributed by atoms with Gasteiger partial charge >= 0.3 is 0 Å². The lowest BCUT2D eigenvalue weighted by Crippen LogP contribution is -2.24. The molecule has 0 saturated heterocycles. The van der Waals surface area contributed by atoms with E-state index in [1.807, 2.05) is 12.1 Å². The fraction of sp³-hybridized carbons (Fsp3) is 0.444. The predicted octanol–water partition coefficient (Wildman–Crippen LogP) is 4.33. The van der Waals surface area contributed by atoms with Crippen molar-refractivity contribution in [1.82, 2.24) is 5.32 Å². The van der Waals surface area contributed by atoms with Crippen molar-refractivity contribution in [2.24, 2.45) is 5.92 Å². The van der Waals surface area contributed by atoms with E-state index < -0.39 is 6.10 Å². The van der Waals surface area contributed by atoms with Gasteiger partial charge in [-0.25, -0.2) is 0 Å². The van der Waals surface area contributed by atoms with Gasteiger partial charge in [0.15, 0.2) is 0 Å². The normalized spacial score (nSPS) is 14.3. The monoisotopic (exact) mass is 303 g/mol. The van der Waals surface area contributed by atoms with Crippen LogP contribution < -0.4 is 5.32 Å². The Morgan fingerprint density at radius 3 is 2.33 bits per heavy atom. The molecule has 0 aliphatic rings. The van der Waals surface area contributed by atoms with Gasteiger partial charge in [-0.05, 0) is 52.8 Å². The highest BCUT2D eigenvalue weighted by Gasteiger charge is 2.11. The van der Waals surface area contributed by atoms with Gasteiger partial charge in [-0.3, -0.25) is 0 Å². The van der Waals surface area contributed by atoms with E-state index in [9.17, 15) is 5.11 Å². The Hall–Kier alpha value is -1.16. The molecule has 2 atom stereocenters. The predicted molar refractivity (Wildman–Crippen MR) is 90.7 cm³/mol. The van der Waals surface area contributed by atoms with Gasteiger partial charge in [-0.1, -0.05) is 38.1 Å². The molecule has 0 saturated carbocycles. The highest BCUT2D eigenvalue weighted by molar-refractivity contribution is 7.07. The first-order valence-corrected chi connectivity index (χ1v) is 8.53. The van der Waals surface area contributed by atoms with Crippen LogP contribution in [0.1, 0.15) is 49.6 Å². The Labute approximate surface area is 131 Å². The third-order valence-corrected chi connectivity index (χ3v) is 4.37. The van der Waals surface area contributed by atoms with E-state index in [-0.39, 0.29) is 6.04 Å². The molecule has 2 unspecified atom stereocenters. The van der Waals surface area contributed by atoms with Gasteiger partial charge in [0, 0.05) is 12.6 Å². The van der Waals surface area contributed by atoms with Gasteiger partial charge in [0.25, 0.3) is 0 Å². The second kappa shape index (κ2) is 7.74. The summed E-state index contributed by atoms with van der Waals surface area (Å²) in [5.41, 5.74) is 3.59. The number of rotatable bonds is 7. The summed E-state index contributed by atoms with van der Waals surface area (Å²) < 4.78 is 0. The molecule has 2 nitrogen and oxygen atoms in total. The van der Waals surface area contributed by atoms with Crippen LogP contribution in [-0.2, 0) is 6.42 Å². The lowest BCUT2D eigenvalue weighted by Gasteiger charge is -2.17. The van der Waals surface area contributed by atoms with Crippen molar-refractivity contribution in [1.29, 1.82) is 0 Å². The average molecular weight is 303 g/mol. The Morgan fingerprint density at radius 2 is 1.76 bits per heavy atom. The molecule has 2 aromatic rings. The summed E-state index contributed by atoms with van der Waals surface area (Å²) in [4.78, 5) is 0. The molecule has 0 aliphatic carbocycles. The van der Waals surface area contributed by atoms with Crippen LogP contribution in [0.2, 0.25) is 0 Å². The molecular weight excluding hydrogens is 278 g/mol. The van der Waals surface area contributed by atoms with Gasteiger partial charge in [-0.2, -0.15) is 11.3 Å². The third-order valence-electron chi connectivity index (χ3n) is 3.67. The maximum Gasteiger partial charge on any atom is 0.0914 e. The molecule has 0 radical (unpaired) electrons. The Bertz CT molecular complexity index is 519. The van der Waals surface area contributed by atoms with E-state index in [2.05, 4.69) is 55.0 Å². The van der Waals surface area contributed by atoms with Crippen LogP contribution in [0.3, 0.4) is 0 Å². The Kier molecular flexibility index (Phi) is 5.97. The summed E-state index contributed by atoms with van der Waals surface area (Å²) in [7, 11) is 0. The summed E-state index contributed by atoms with van der Waals surface area (Å²) >= 11 is 1.70. The second-order valence-electron chi connectivity index (χ2n) is 6.04. The van der Waals surface area contributed by atoms with E-state index in [1.165, 1.54) is 11.1 Å². The zero-order valence-corrected chi connectivity index (χ0v) is 13.9. The quantitative estimate of drug-likeness (QED) is 0.798. The van der Waals surface area contributed by atoms with Gasteiger partial charge in [-0.15, -0.1) is 0 Å². The van der Waals surface area contributed by atoms with Crippen LogP contribution in [0.5, 0.6) is 0 Å². The maximum atomic E-state index is 10.3. The lowest BCUT2D eigenvalue weighted by atomic mass is 10.00. The Balaban J connectivity index is 1.86. The highest BCUT2D eigenvalue weighted by Crippen LogP contribution is 2.18. The summed E-state index contributed by atoms with van der Waals surface area (Å²) in [6, 6.07) is 10.7. The van der Waals surface area contributed by atoms with Crippen LogP contribution in [0.15, 0.2) is 41.1 Å². The van der Waals surface area contributed by atoms with Crippen molar-refractivity contribution in [2.45, 2.75) is 39.3 Å². The second-order valence-corrected chi connectivity index (χ2v) is 6.82. The van der Waals surface area contributed by atoms with Gasteiger partial charge in [0.2, 0.25) is 0 Å². The number of benzene rings is 1. The maximum absolute atomic E-state index is 10.3. The smallest absolute Gasteiger partial charge is 0.0914 e. The van der Waals surface area contributed by atoms with Crippen molar-refractivity contribution in [3.05, 3.63) is 57.8 Å². The lowest BCUT2D eigenvalue weighted by molar-refractivity contribution is 0.171. The summed E-state index contributed by atoms with van der Waals surface area (Å²) in [6.45, 7) is 7.14. The molecule has 0 fully saturated rings. The zero-order chi connectivity index (χ0) is 15.2. The van der Waals surface area contributed by atoms with E-state index in [1.54, 1.807) is 11.3 Å². The summed E-state index contributed by atoms with van der Waals surface area (Å²) in [6.07, 6.45) is 0.628. The van der Waals surface area contributed by atoms with Crippen molar-refractivity contribution in [3.8, 4) is 0 Å². The van der Waals surface area contributed by atoms with E-state index in [0.717, 1.165) is 12.0 Å². The van der Waals surface area contributed by atoms with Gasteiger partial charge in [0.05, 0.1) is 6.10 Å². The SMILES string of the molecule is CC(C)Cc1ccc(C(O)CNC(C)c2ccsc2)cc1. The minimum atomic E-state index is -0.459. The largest absolute Gasteiger partial charge is 0.387 e. The molecule has 0 spiro atoms. The third kappa shape index (κ3) is 4.95. The first-order chi connectivity index (χ1) is 10.1. The van der Waals surface area contributed by atoms with Crippen LogP contribution >= 0.6 is 11.3 Å². The fourth-order valence-corrected chi connectivity index (χ4v) is 3.15. The number of nitrogens with one attached hydrogen (secondary N) is 1. The number of hydrogen-bond donors (Lipinski definition) is 2. The molecule has 21 heavy (non-hydrogen) atoms. The minimum absolute atomic E-state index is 0.270. The van der Waals surface area contributed by atoms with Crippen molar-refractivity contribution in [2.75, 3.05) is 6.54 Å². The van der Waals surface area contributed by atoms with E-state index >= 15 is 0 Å². The average Bonchev–Trinajstić information content (AvgIpc) is 2.99. The molecule has 0 aliphatic heterocycles. The molecule has 3 heteroatoms. The molecule has 1 aromatic heterocycles. The topological polar surface area (TPSA) is 32.3 Å². The molecule has 2 N–H and O–H groups in total. The first kappa shape index (κ1) is 16.2. The number of aliphatic hydroxyl groups excluding tert-OH is 1. The number of aliphatic hydroxyl groups is 1. The zero-order valence-electron chi connectivity index (χ0n) is 13.0. The number of thiophene rings is 1. The van der Waals surface area contributed by atoms with Crippen molar-refractivity contribution >= 4 is 11.3 Å². The standard InChI is InChI=1S/C18H25NOS/c1-13(2)10-15-4-6-16(7-5-15)18(20)11-19-14(3)17-8-9-21-12-17/h4-9,12-14,18-20H,10-11H2,1-3H3. The molecular formula is C18H25NOS. The van der Waals surface area contributed by atoms with Crippen LogP contribution in [0.4, 0.5) is 0 Å². The molecule has 0 bridgehead atoms. The highest BCUT2D eigenvalue weighted by atomic mass is 32.1. The molecule has 1 heterocycles.